The maximum Gasteiger partial charge on any atom is 0.303 e. The smallest absolute Gasteiger partial charge is 0.303 e. The molecule has 0 aliphatic carbocycles. The molecule has 25 heavy (non-hydrogen) atoms. The van der Waals surface area contributed by atoms with Crippen LogP contribution in [0.3, 0.4) is 0 Å². The van der Waals surface area contributed by atoms with Crippen molar-refractivity contribution in [2.45, 2.75) is 135 Å². The molecule has 0 aliphatic heterocycles. The second-order valence-corrected chi connectivity index (χ2v) is 7.78. The lowest BCUT2D eigenvalue weighted by Gasteiger charge is -2.11. The highest BCUT2D eigenvalue weighted by Gasteiger charge is 2.02. The Bertz CT molecular complexity index is 281. The van der Waals surface area contributed by atoms with Gasteiger partial charge in [-0.25, -0.2) is 0 Å². The van der Waals surface area contributed by atoms with Crippen molar-refractivity contribution in [2.75, 3.05) is 0 Å². The third-order valence-corrected chi connectivity index (χ3v) is 5.14. The molecule has 0 fully saturated rings. The molecule has 0 bridgehead atoms. The first kappa shape index (κ1) is 24.4. The second-order valence-electron chi connectivity index (χ2n) is 7.78. The van der Waals surface area contributed by atoms with Crippen LogP contribution in [-0.4, -0.2) is 17.1 Å². The van der Waals surface area contributed by atoms with Crippen molar-refractivity contribution in [3.63, 3.8) is 0 Å². The summed E-state index contributed by atoms with van der Waals surface area (Å²) in [5.41, 5.74) is 6.23. The summed E-state index contributed by atoms with van der Waals surface area (Å²) < 4.78 is 0. The van der Waals surface area contributed by atoms with Crippen LogP contribution in [0.5, 0.6) is 0 Å². The summed E-state index contributed by atoms with van der Waals surface area (Å²) in [5.74, 6) is -0.664. The molecule has 0 saturated heterocycles. The molecule has 0 aliphatic rings. The van der Waals surface area contributed by atoms with Crippen LogP contribution in [0.1, 0.15) is 129 Å². The molecule has 0 rings (SSSR count). The van der Waals surface area contributed by atoms with Crippen LogP contribution in [0.25, 0.3) is 0 Å². The van der Waals surface area contributed by atoms with Crippen molar-refractivity contribution >= 4 is 5.97 Å². The van der Waals surface area contributed by atoms with Crippen LogP contribution < -0.4 is 5.73 Å². The van der Waals surface area contributed by atoms with Crippen LogP contribution >= 0.6 is 0 Å². The first-order valence-corrected chi connectivity index (χ1v) is 11.1. The highest BCUT2D eigenvalue weighted by Crippen LogP contribution is 2.14. The summed E-state index contributed by atoms with van der Waals surface area (Å²) in [7, 11) is 0. The molecule has 3 heteroatoms. The van der Waals surface area contributed by atoms with Crippen LogP contribution in [0.15, 0.2) is 0 Å². The highest BCUT2D eigenvalue weighted by atomic mass is 16.4. The first-order valence-electron chi connectivity index (χ1n) is 11.1. The number of unbranched alkanes of at least 4 members (excludes halogenated alkanes) is 14. The number of carboxylic acid groups (broad SMARTS) is 1. The Morgan fingerprint density at radius 1 is 0.680 bits per heavy atom. The zero-order chi connectivity index (χ0) is 18.6. The van der Waals surface area contributed by atoms with Gasteiger partial charge in [0.1, 0.15) is 0 Å². The monoisotopic (exact) mass is 355 g/mol. The molecule has 0 saturated carbocycles. The summed E-state index contributed by atoms with van der Waals surface area (Å²) in [6, 6.07) is 0.413. The summed E-state index contributed by atoms with van der Waals surface area (Å²) >= 11 is 0. The summed E-state index contributed by atoms with van der Waals surface area (Å²) in [4.78, 5) is 10.4. The summed E-state index contributed by atoms with van der Waals surface area (Å²) in [6.07, 6.45) is 23.3. The fourth-order valence-corrected chi connectivity index (χ4v) is 3.43. The van der Waals surface area contributed by atoms with Crippen molar-refractivity contribution in [1.29, 1.82) is 0 Å². The van der Waals surface area contributed by atoms with Gasteiger partial charge in [0.25, 0.3) is 0 Å². The Labute approximate surface area is 157 Å². The van der Waals surface area contributed by atoms with Crippen molar-refractivity contribution in [3.05, 3.63) is 0 Å². The van der Waals surface area contributed by atoms with E-state index in [9.17, 15) is 4.79 Å². The third-order valence-electron chi connectivity index (χ3n) is 5.14. The number of hydrogen-bond acceptors (Lipinski definition) is 2. The minimum absolute atomic E-state index is 0.330. The molecule has 3 N–H and O–H groups in total. The second kappa shape index (κ2) is 19.8. The largest absolute Gasteiger partial charge is 0.481 e. The van der Waals surface area contributed by atoms with Gasteiger partial charge in [-0.05, 0) is 19.3 Å². The van der Waals surface area contributed by atoms with E-state index in [2.05, 4.69) is 6.92 Å². The molecule has 0 aromatic heterocycles. The number of carboxylic acids is 1. The Kier molecular flexibility index (Phi) is 19.3. The van der Waals surface area contributed by atoms with Crippen LogP contribution in [0, 0.1) is 0 Å². The predicted molar refractivity (Wildman–Crippen MR) is 109 cm³/mol. The van der Waals surface area contributed by atoms with Gasteiger partial charge in [0.2, 0.25) is 0 Å². The molecule has 1 unspecified atom stereocenters. The van der Waals surface area contributed by atoms with Gasteiger partial charge in [-0.3, -0.25) is 4.79 Å². The molecule has 0 amide bonds. The van der Waals surface area contributed by atoms with Gasteiger partial charge in [0, 0.05) is 12.5 Å². The lowest BCUT2D eigenvalue weighted by Crippen LogP contribution is -2.19. The standard InChI is InChI=1S/C22H45NO2/c1-2-3-4-5-6-9-12-15-18-21(23)19-16-13-10-7-8-11-14-17-20-22(24)25/h21H,2-20,23H2,1H3,(H,24,25). The van der Waals surface area contributed by atoms with Crippen molar-refractivity contribution in [2.24, 2.45) is 5.73 Å². The van der Waals surface area contributed by atoms with Crippen LogP contribution in [0.4, 0.5) is 0 Å². The fourth-order valence-electron chi connectivity index (χ4n) is 3.43. The molecule has 0 heterocycles. The van der Waals surface area contributed by atoms with Crippen molar-refractivity contribution in [1.82, 2.24) is 0 Å². The highest BCUT2D eigenvalue weighted by molar-refractivity contribution is 5.66. The van der Waals surface area contributed by atoms with Gasteiger partial charge in [0.05, 0.1) is 0 Å². The van der Waals surface area contributed by atoms with Gasteiger partial charge < -0.3 is 10.8 Å². The number of nitrogens with two attached hydrogens (primary N) is 1. The van der Waals surface area contributed by atoms with E-state index in [1.807, 2.05) is 0 Å². The zero-order valence-corrected chi connectivity index (χ0v) is 16.9. The van der Waals surface area contributed by atoms with E-state index in [-0.39, 0.29) is 0 Å². The van der Waals surface area contributed by atoms with E-state index < -0.39 is 5.97 Å². The first-order chi connectivity index (χ1) is 12.2. The SMILES string of the molecule is CCCCCCCCCCC(N)CCCCCCCCCCC(=O)O. The Balaban J connectivity index is 3.15. The number of carbonyl (C=O) groups is 1. The van der Waals surface area contributed by atoms with Crippen LogP contribution in [-0.2, 0) is 4.79 Å². The Morgan fingerprint density at radius 3 is 1.44 bits per heavy atom. The Morgan fingerprint density at radius 2 is 1.04 bits per heavy atom. The molecule has 0 aromatic rings. The van der Waals surface area contributed by atoms with E-state index in [4.69, 9.17) is 10.8 Å². The number of hydrogen-bond donors (Lipinski definition) is 2. The van der Waals surface area contributed by atoms with Crippen molar-refractivity contribution in [3.8, 4) is 0 Å². The topological polar surface area (TPSA) is 63.3 Å². The molecule has 0 aromatic carbocycles. The predicted octanol–water partition coefficient (Wildman–Crippen LogP) is 6.83. The quantitative estimate of drug-likeness (QED) is 0.235. The van der Waals surface area contributed by atoms with Gasteiger partial charge in [-0.2, -0.15) is 0 Å². The lowest BCUT2D eigenvalue weighted by molar-refractivity contribution is -0.137. The molecule has 150 valence electrons. The normalized spacial score (nSPS) is 12.4. The average molecular weight is 356 g/mol. The summed E-state index contributed by atoms with van der Waals surface area (Å²) in [6.45, 7) is 2.27. The van der Waals surface area contributed by atoms with Gasteiger partial charge in [-0.1, -0.05) is 103 Å². The lowest BCUT2D eigenvalue weighted by atomic mass is 10.0. The minimum Gasteiger partial charge on any atom is -0.481 e. The zero-order valence-electron chi connectivity index (χ0n) is 16.9. The molecule has 1 atom stereocenters. The van der Waals surface area contributed by atoms with E-state index in [0.717, 1.165) is 12.8 Å². The van der Waals surface area contributed by atoms with Crippen LogP contribution in [0.2, 0.25) is 0 Å². The van der Waals surface area contributed by atoms with E-state index in [1.54, 1.807) is 0 Å². The van der Waals surface area contributed by atoms with Gasteiger partial charge >= 0.3 is 5.97 Å². The Hall–Kier alpha value is -0.570. The molecule has 3 nitrogen and oxygen atoms in total. The van der Waals surface area contributed by atoms with Gasteiger partial charge in [-0.15, -0.1) is 0 Å². The van der Waals surface area contributed by atoms with Gasteiger partial charge in [0.15, 0.2) is 0 Å². The molecular weight excluding hydrogens is 310 g/mol. The van der Waals surface area contributed by atoms with E-state index >= 15 is 0 Å². The molecule has 0 radical (unpaired) electrons. The fraction of sp³-hybridized carbons (Fsp3) is 0.955. The van der Waals surface area contributed by atoms with Crippen molar-refractivity contribution < 1.29 is 9.90 Å². The number of rotatable bonds is 20. The minimum atomic E-state index is -0.664. The van der Waals surface area contributed by atoms with E-state index in [0.29, 0.717) is 12.5 Å². The maximum atomic E-state index is 10.4. The summed E-state index contributed by atoms with van der Waals surface area (Å²) in [5, 5.41) is 8.57. The maximum absolute atomic E-state index is 10.4. The average Bonchev–Trinajstić information content (AvgIpc) is 2.58. The molecule has 0 spiro atoms. The van der Waals surface area contributed by atoms with E-state index in [1.165, 1.54) is 103 Å². The third kappa shape index (κ3) is 21.4. The molecular formula is C22H45NO2. The number of aliphatic carboxylic acids is 1.